The molecule has 0 saturated carbocycles. The third kappa shape index (κ3) is 12.2. The van der Waals surface area contributed by atoms with Crippen LogP contribution in [0.3, 0.4) is 0 Å². The van der Waals surface area contributed by atoms with E-state index in [1.54, 1.807) is 0 Å². The molecule has 2 nitrogen and oxygen atoms in total. The molecular formula is C26H45NO. The van der Waals surface area contributed by atoms with Gasteiger partial charge in [-0.25, -0.2) is 0 Å². The van der Waals surface area contributed by atoms with Gasteiger partial charge >= 0.3 is 0 Å². The predicted molar refractivity (Wildman–Crippen MR) is 122 cm³/mol. The Hall–Kier alpha value is -1.31. The number of carbonyl (C=O) groups is 1. The first-order valence-corrected chi connectivity index (χ1v) is 11.9. The maximum absolute atomic E-state index is 12.2. The van der Waals surface area contributed by atoms with Crippen molar-refractivity contribution in [3.05, 3.63) is 35.9 Å². The van der Waals surface area contributed by atoms with Crippen LogP contribution in [0.25, 0.3) is 0 Å². The van der Waals surface area contributed by atoms with Crippen LogP contribution in [0.5, 0.6) is 0 Å². The lowest BCUT2D eigenvalue weighted by atomic mass is 9.76. The van der Waals surface area contributed by atoms with Crippen LogP contribution in [-0.2, 0) is 11.3 Å². The second-order valence-electron chi connectivity index (χ2n) is 8.90. The summed E-state index contributed by atoms with van der Waals surface area (Å²) in [5, 5.41) is 3.07. The zero-order chi connectivity index (χ0) is 20.5. The summed E-state index contributed by atoms with van der Waals surface area (Å²) in [5.74, 6) is 0.195. The van der Waals surface area contributed by atoms with Crippen molar-refractivity contribution < 1.29 is 4.79 Å². The minimum atomic E-state index is 0.195. The first-order chi connectivity index (χ1) is 13.6. The molecule has 0 heterocycles. The van der Waals surface area contributed by atoms with Crippen molar-refractivity contribution in [1.82, 2.24) is 5.32 Å². The maximum Gasteiger partial charge on any atom is 0.220 e. The molecule has 28 heavy (non-hydrogen) atoms. The van der Waals surface area contributed by atoms with Crippen molar-refractivity contribution in [3.63, 3.8) is 0 Å². The molecule has 160 valence electrons. The first kappa shape index (κ1) is 24.7. The standard InChI is InChI=1S/C26H45NO/c1-4-6-8-10-15-21-26(3,20-14-9-7-5-2)22-16-19-25(28)27-23-24-17-12-11-13-18-24/h11-13,17-18H,4-10,14-16,19-23H2,1-3H3,(H,27,28)/t26-/m1/s1. The number of nitrogens with one attached hydrogen (secondary N) is 1. The number of amides is 1. The van der Waals surface area contributed by atoms with E-state index in [1.807, 2.05) is 18.2 Å². The quantitative estimate of drug-likeness (QED) is 0.271. The van der Waals surface area contributed by atoms with E-state index in [4.69, 9.17) is 0 Å². The lowest BCUT2D eigenvalue weighted by Crippen LogP contribution is -2.23. The average molecular weight is 388 g/mol. The Morgan fingerprint density at radius 3 is 1.93 bits per heavy atom. The zero-order valence-corrected chi connectivity index (χ0v) is 18.9. The Kier molecular flexibility index (Phi) is 13.8. The van der Waals surface area contributed by atoms with E-state index in [1.165, 1.54) is 82.6 Å². The van der Waals surface area contributed by atoms with Crippen LogP contribution in [-0.4, -0.2) is 5.91 Å². The van der Waals surface area contributed by atoms with Crippen LogP contribution in [0.1, 0.15) is 116 Å². The van der Waals surface area contributed by atoms with Gasteiger partial charge in [-0.15, -0.1) is 0 Å². The molecule has 0 aromatic heterocycles. The van der Waals surface area contributed by atoms with Crippen LogP contribution in [0, 0.1) is 5.41 Å². The lowest BCUT2D eigenvalue weighted by Gasteiger charge is -2.30. The number of rotatable bonds is 17. The molecule has 0 aliphatic rings. The normalized spacial score (nSPS) is 13.2. The summed E-state index contributed by atoms with van der Waals surface area (Å²) >= 11 is 0. The Labute approximate surface area is 174 Å². The van der Waals surface area contributed by atoms with Crippen LogP contribution in [0.4, 0.5) is 0 Å². The third-order valence-electron chi connectivity index (χ3n) is 6.03. The molecule has 0 unspecified atom stereocenters. The smallest absolute Gasteiger partial charge is 0.220 e. The number of hydrogen-bond acceptors (Lipinski definition) is 1. The van der Waals surface area contributed by atoms with Crippen LogP contribution >= 0.6 is 0 Å². The summed E-state index contributed by atoms with van der Waals surface area (Å²) in [7, 11) is 0. The highest BCUT2D eigenvalue weighted by Gasteiger charge is 2.23. The molecule has 1 atom stereocenters. The molecule has 0 aliphatic carbocycles. The molecule has 0 bridgehead atoms. The summed E-state index contributed by atoms with van der Waals surface area (Å²) in [6.07, 6.45) is 17.7. The fourth-order valence-corrected chi connectivity index (χ4v) is 4.07. The van der Waals surface area contributed by atoms with E-state index in [2.05, 4.69) is 38.2 Å². The van der Waals surface area contributed by atoms with Gasteiger partial charge in [0.15, 0.2) is 0 Å². The van der Waals surface area contributed by atoms with E-state index in [0.717, 1.165) is 6.42 Å². The summed E-state index contributed by atoms with van der Waals surface area (Å²) in [6.45, 7) is 7.67. The second-order valence-corrected chi connectivity index (χ2v) is 8.90. The lowest BCUT2D eigenvalue weighted by molar-refractivity contribution is -0.121. The summed E-state index contributed by atoms with van der Waals surface area (Å²) in [6, 6.07) is 10.2. The van der Waals surface area contributed by atoms with Gasteiger partial charge in [0, 0.05) is 13.0 Å². The Bertz CT molecular complexity index is 498. The minimum Gasteiger partial charge on any atom is -0.352 e. The van der Waals surface area contributed by atoms with E-state index < -0.39 is 0 Å². The summed E-state index contributed by atoms with van der Waals surface area (Å²) < 4.78 is 0. The monoisotopic (exact) mass is 387 g/mol. The fourth-order valence-electron chi connectivity index (χ4n) is 4.07. The van der Waals surface area contributed by atoms with Gasteiger partial charge in [-0.05, 0) is 36.7 Å². The van der Waals surface area contributed by atoms with Gasteiger partial charge < -0.3 is 5.32 Å². The van der Waals surface area contributed by atoms with E-state index >= 15 is 0 Å². The maximum atomic E-state index is 12.2. The number of benzene rings is 1. The number of hydrogen-bond donors (Lipinski definition) is 1. The molecule has 1 N–H and O–H groups in total. The highest BCUT2D eigenvalue weighted by molar-refractivity contribution is 5.75. The highest BCUT2D eigenvalue weighted by atomic mass is 16.1. The van der Waals surface area contributed by atoms with Crippen molar-refractivity contribution in [2.75, 3.05) is 0 Å². The molecule has 0 fully saturated rings. The molecule has 1 rings (SSSR count). The van der Waals surface area contributed by atoms with Gasteiger partial charge in [0.1, 0.15) is 0 Å². The van der Waals surface area contributed by atoms with Crippen LogP contribution in [0.15, 0.2) is 30.3 Å². The molecule has 1 aromatic carbocycles. The molecule has 0 aliphatic heterocycles. The molecule has 2 heteroatoms. The van der Waals surface area contributed by atoms with Gasteiger partial charge in [-0.1, -0.05) is 109 Å². The molecule has 1 aromatic rings. The zero-order valence-electron chi connectivity index (χ0n) is 18.9. The number of carbonyl (C=O) groups excluding carboxylic acids is 1. The van der Waals surface area contributed by atoms with Crippen molar-refractivity contribution in [2.24, 2.45) is 5.41 Å². The third-order valence-corrected chi connectivity index (χ3v) is 6.03. The van der Waals surface area contributed by atoms with Gasteiger partial charge in [-0.2, -0.15) is 0 Å². The summed E-state index contributed by atoms with van der Waals surface area (Å²) in [5.41, 5.74) is 1.59. The predicted octanol–water partition coefficient (Wildman–Crippen LogP) is 7.81. The van der Waals surface area contributed by atoms with E-state index in [-0.39, 0.29) is 5.91 Å². The molecule has 0 radical (unpaired) electrons. The topological polar surface area (TPSA) is 29.1 Å². The van der Waals surface area contributed by atoms with Gasteiger partial charge in [0.05, 0.1) is 0 Å². The largest absolute Gasteiger partial charge is 0.352 e. The summed E-state index contributed by atoms with van der Waals surface area (Å²) in [4.78, 5) is 12.2. The molecular weight excluding hydrogens is 342 g/mol. The Morgan fingerprint density at radius 1 is 0.786 bits per heavy atom. The van der Waals surface area contributed by atoms with Crippen molar-refractivity contribution in [3.8, 4) is 0 Å². The van der Waals surface area contributed by atoms with Gasteiger partial charge in [0.2, 0.25) is 5.91 Å². The van der Waals surface area contributed by atoms with E-state index in [0.29, 0.717) is 18.4 Å². The number of unbranched alkanes of at least 4 members (excludes halogenated alkanes) is 7. The van der Waals surface area contributed by atoms with Gasteiger partial charge in [0.25, 0.3) is 0 Å². The first-order valence-electron chi connectivity index (χ1n) is 11.9. The Balaban J connectivity index is 2.33. The Morgan fingerprint density at radius 2 is 1.32 bits per heavy atom. The van der Waals surface area contributed by atoms with Crippen molar-refractivity contribution in [2.45, 2.75) is 117 Å². The molecule has 0 saturated heterocycles. The van der Waals surface area contributed by atoms with E-state index in [9.17, 15) is 4.79 Å². The van der Waals surface area contributed by atoms with Gasteiger partial charge in [-0.3, -0.25) is 4.79 Å². The molecule has 0 spiro atoms. The fraction of sp³-hybridized carbons (Fsp3) is 0.731. The van der Waals surface area contributed by atoms with Crippen LogP contribution in [0.2, 0.25) is 0 Å². The average Bonchev–Trinajstić information content (AvgIpc) is 2.70. The van der Waals surface area contributed by atoms with Crippen LogP contribution < -0.4 is 5.32 Å². The SMILES string of the molecule is CCCCCCC[C@@](C)(CCCCCC)CCCC(=O)NCc1ccccc1. The molecule has 1 amide bonds. The highest BCUT2D eigenvalue weighted by Crippen LogP contribution is 2.36. The minimum absolute atomic E-state index is 0.195. The van der Waals surface area contributed by atoms with Crippen molar-refractivity contribution >= 4 is 5.91 Å². The second kappa shape index (κ2) is 15.6. The van der Waals surface area contributed by atoms with Crippen molar-refractivity contribution in [1.29, 1.82) is 0 Å².